The third-order valence-corrected chi connectivity index (χ3v) is 2.51. The molecule has 0 saturated heterocycles. The van der Waals surface area contributed by atoms with Gasteiger partial charge in [0.1, 0.15) is 11.5 Å². The third-order valence-electron chi connectivity index (χ3n) is 2.51. The lowest BCUT2D eigenvalue weighted by Crippen LogP contribution is -1.83. The van der Waals surface area contributed by atoms with E-state index >= 15 is 0 Å². The number of aromatic nitrogens is 2. The van der Waals surface area contributed by atoms with E-state index in [1.165, 1.54) is 12.3 Å². The van der Waals surface area contributed by atoms with E-state index in [0.717, 1.165) is 5.39 Å². The smallest absolute Gasteiger partial charge is 0.191 e. The number of benzene rings is 1. The Morgan fingerprint density at radius 1 is 1.38 bits per heavy atom. The second-order valence-electron chi connectivity index (χ2n) is 3.48. The highest BCUT2D eigenvalue weighted by Crippen LogP contribution is 2.32. The quantitative estimate of drug-likeness (QED) is 0.658. The van der Waals surface area contributed by atoms with Crippen LogP contribution in [-0.4, -0.2) is 10.1 Å². The summed E-state index contributed by atoms with van der Waals surface area (Å²) in [6.07, 6.45) is 3.08. The predicted molar refractivity (Wildman–Crippen MR) is 58.2 cm³/mol. The van der Waals surface area contributed by atoms with Crippen molar-refractivity contribution in [3.05, 3.63) is 36.4 Å². The van der Waals surface area contributed by atoms with Crippen LogP contribution >= 0.6 is 0 Å². The molecule has 0 aliphatic rings. The number of nitrogens with two attached hydrogens (primary N) is 1. The van der Waals surface area contributed by atoms with Gasteiger partial charge in [0, 0.05) is 17.1 Å². The summed E-state index contributed by atoms with van der Waals surface area (Å²) >= 11 is 0. The molecule has 0 bridgehead atoms. The molecule has 0 saturated carbocycles. The lowest BCUT2D eigenvalue weighted by molar-refractivity contribution is 0.433. The van der Waals surface area contributed by atoms with E-state index in [4.69, 9.17) is 10.3 Å². The van der Waals surface area contributed by atoms with Crippen LogP contribution < -0.4 is 5.73 Å². The Balaban J connectivity index is 2.34. The van der Waals surface area contributed by atoms with Crippen LogP contribution in [0.5, 0.6) is 0 Å². The van der Waals surface area contributed by atoms with Crippen molar-refractivity contribution in [2.45, 2.75) is 0 Å². The summed E-state index contributed by atoms with van der Waals surface area (Å²) in [5.74, 6) is 0.152. The number of rotatable bonds is 1. The molecule has 0 aliphatic heterocycles. The Morgan fingerprint density at radius 3 is 3.00 bits per heavy atom. The lowest BCUT2D eigenvalue weighted by Gasteiger charge is -1.95. The maximum atomic E-state index is 13.4. The van der Waals surface area contributed by atoms with Gasteiger partial charge in [-0.1, -0.05) is 17.3 Å². The van der Waals surface area contributed by atoms with Crippen LogP contribution in [-0.2, 0) is 0 Å². The molecule has 5 heteroatoms. The number of nitrogen functional groups attached to an aromatic ring is 1. The standard InChI is InChI=1S/C11H8FN3O/c12-8-3-1-2-6-7(4-14-10(6)8)11-9(13)5-15-16-11/h1-5,14H,13H2. The topological polar surface area (TPSA) is 67.8 Å². The first-order valence-electron chi connectivity index (χ1n) is 4.73. The first-order chi connectivity index (χ1) is 7.77. The number of nitrogens with zero attached hydrogens (tertiary/aromatic N) is 1. The number of fused-ring (bicyclic) bond motifs is 1. The minimum Gasteiger partial charge on any atom is -0.394 e. The van der Waals surface area contributed by atoms with Crippen molar-refractivity contribution < 1.29 is 8.91 Å². The van der Waals surface area contributed by atoms with Gasteiger partial charge >= 0.3 is 0 Å². The molecule has 16 heavy (non-hydrogen) atoms. The Labute approximate surface area is 89.9 Å². The fourth-order valence-electron chi connectivity index (χ4n) is 1.76. The summed E-state index contributed by atoms with van der Waals surface area (Å²) in [5.41, 5.74) is 7.28. The van der Waals surface area contributed by atoms with Gasteiger partial charge in [-0.05, 0) is 6.07 Å². The highest BCUT2D eigenvalue weighted by Gasteiger charge is 2.14. The fraction of sp³-hybridized carbons (Fsp3) is 0. The van der Waals surface area contributed by atoms with Gasteiger partial charge in [-0.15, -0.1) is 0 Å². The van der Waals surface area contributed by atoms with Crippen LogP contribution in [0.2, 0.25) is 0 Å². The van der Waals surface area contributed by atoms with Crippen molar-refractivity contribution >= 4 is 16.6 Å². The van der Waals surface area contributed by atoms with Crippen LogP contribution in [0.15, 0.2) is 35.1 Å². The van der Waals surface area contributed by atoms with Crippen LogP contribution in [0, 0.1) is 5.82 Å². The third kappa shape index (κ3) is 1.11. The van der Waals surface area contributed by atoms with Crippen molar-refractivity contribution in [3.63, 3.8) is 0 Å². The second-order valence-corrected chi connectivity index (χ2v) is 3.48. The Morgan fingerprint density at radius 2 is 2.25 bits per heavy atom. The number of aromatic amines is 1. The number of para-hydroxylation sites is 1. The zero-order chi connectivity index (χ0) is 11.1. The summed E-state index contributed by atoms with van der Waals surface area (Å²) in [7, 11) is 0. The van der Waals surface area contributed by atoms with E-state index in [0.29, 0.717) is 22.5 Å². The zero-order valence-corrected chi connectivity index (χ0v) is 8.20. The van der Waals surface area contributed by atoms with Crippen molar-refractivity contribution in [1.29, 1.82) is 0 Å². The van der Waals surface area contributed by atoms with Crippen LogP contribution in [0.4, 0.5) is 10.1 Å². The number of halogens is 1. The van der Waals surface area contributed by atoms with Crippen molar-refractivity contribution in [2.75, 3.05) is 5.73 Å². The molecule has 80 valence electrons. The summed E-state index contributed by atoms with van der Waals surface area (Å²) in [6.45, 7) is 0. The van der Waals surface area contributed by atoms with E-state index < -0.39 is 0 Å². The molecule has 0 amide bonds. The normalized spacial score (nSPS) is 11.1. The van der Waals surface area contributed by atoms with Gasteiger partial charge < -0.3 is 15.2 Å². The highest BCUT2D eigenvalue weighted by molar-refractivity contribution is 5.96. The van der Waals surface area contributed by atoms with E-state index in [9.17, 15) is 4.39 Å². The Bertz CT molecular complexity index is 656. The minimum absolute atomic E-state index is 0.304. The van der Waals surface area contributed by atoms with Crippen molar-refractivity contribution in [3.8, 4) is 11.3 Å². The maximum Gasteiger partial charge on any atom is 0.191 e. The summed E-state index contributed by atoms with van der Waals surface area (Å²) in [4.78, 5) is 2.85. The minimum atomic E-state index is -0.304. The number of anilines is 1. The molecule has 0 radical (unpaired) electrons. The monoisotopic (exact) mass is 217 g/mol. The van der Waals surface area contributed by atoms with Gasteiger partial charge in [0.05, 0.1) is 11.7 Å². The largest absolute Gasteiger partial charge is 0.394 e. The molecule has 2 aromatic heterocycles. The average molecular weight is 217 g/mol. The molecule has 0 atom stereocenters. The van der Waals surface area contributed by atoms with Gasteiger partial charge in [-0.2, -0.15) is 0 Å². The Kier molecular flexibility index (Phi) is 1.73. The van der Waals surface area contributed by atoms with E-state index in [1.807, 2.05) is 0 Å². The van der Waals surface area contributed by atoms with Gasteiger partial charge in [-0.25, -0.2) is 4.39 Å². The fourth-order valence-corrected chi connectivity index (χ4v) is 1.76. The molecular formula is C11H8FN3O. The predicted octanol–water partition coefficient (Wildman–Crippen LogP) is 2.54. The SMILES string of the molecule is Nc1cnoc1-c1c[nH]c2c(F)cccc12. The summed E-state index contributed by atoms with van der Waals surface area (Å²) in [6, 6.07) is 4.83. The van der Waals surface area contributed by atoms with Gasteiger partial charge in [0.2, 0.25) is 0 Å². The molecule has 4 nitrogen and oxygen atoms in total. The number of hydrogen-bond donors (Lipinski definition) is 2. The Hall–Kier alpha value is -2.30. The van der Waals surface area contributed by atoms with E-state index in [1.54, 1.807) is 18.3 Å². The van der Waals surface area contributed by atoms with E-state index in [2.05, 4.69) is 10.1 Å². The van der Waals surface area contributed by atoms with Crippen molar-refractivity contribution in [1.82, 2.24) is 10.1 Å². The second kappa shape index (κ2) is 3.10. The average Bonchev–Trinajstić information content (AvgIpc) is 2.84. The van der Waals surface area contributed by atoms with Gasteiger partial charge in [0.15, 0.2) is 5.76 Å². The number of H-pyrrole nitrogens is 1. The first kappa shape index (κ1) is 8.96. The number of hydrogen-bond acceptors (Lipinski definition) is 3. The van der Waals surface area contributed by atoms with Crippen molar-refractivity contribution in [2.24, 2.45) is 0 Å². The molecule has 1 aromatic carbocycles. The maximum absolute atomic E-state index is 13.4. The molecule has 0 unspecified atom stereocenters. The first-order valence-corrected chi connectivity index (χ1v) is 4.73. The van der Waals surface area contributed by atoms with Crippen LogP contribution in [0.25, 0.3) is 22.2 Å². The molecule has 0 aliphatic carbocycles. The van der Waals surface area contributed by atoms with Gasteiger partial charge in [-0.3, -0.25) is 0 Å². The summed E-state index contributed by atoms with van der Waals surface area (Å²) in [5, 5.41) is 4.32. The van der Waals surface area contributed by atoms with Gasteiger partial charge in [0.25, 0.3) is 0 Å². The highest BCUT2D eigenvalue weighted by atomic mass is 19.1. The summed E-state index contributed by atoms with van der Waals surface area (Å²) < 4.78 is 18.5. The molecular weight excluding hydrogens is 209 g/mol. The molecule has 3 aromatic rings. The lowest BCUT2D eigenvalue weighted by atomic mass is 10.1. The molecule has 3 rings (SSSR count). The van der Waals surface area contributed by atoms with Crippen LogP contribution in [0.1, 0.15) is 0 Å². The molecule has 0 fully saturated rings. The molecule has 3 N–H and O–H groups in total. The van der Waals surface area contributed by atoms with Crippen LogP contribution in [0.3, 0.4) is 0 Å². The zero-order valence-electron chi connectivity index (χ0n) is 8.20. The number of nitrogens with one attached hydrogen (secondary N) is 1. The molecule has 2 heterocycles. The van der Waals surface area contributed by atoms with E-state index in [-0.39, 0.29) is 5.82 Å². The molecule has 0 spiro atoms.